The first-order valence-electron chi connectivity index (χ1n) is 2.01. The molecule has 0 aromatic carbocycles. The zero-order valence-corrected chi connectivity index (χ0v) is 6.31. The number of carbonyl (C=O) groups is 1. The van der Waals surface area contributed by atoms with E-state index in [1.165, 1.54) is 0 Å². The summed E-state index contributed by atoms with van der Waals surface area (Å²) >= 11 is 0. The molecular formula is C4H5NaO2. The van der Waals surface area contributed by atoms with E-state index in [0.29, 0.717) is 0 Å². The number of aliphatic carboxylic acids is 1. The summed E-state index contributed by atoms with van der Waals surface area (Å²) in [7, 11) is 0. The van der Waals surface area contributed by atoms with Gasteiger partial charge in [-0.25, -0.2) is 0 Å². The van der Waals surface area contributed by atoms with Crippen molar-refractivity contribution in [2.45, 2.75) is 12.8 Å². The average molecular weight is 108 g/mol. The predicted molar refractivity (Wildman–Crippen MR) is 17.7 cm³/mol. The second-order valence-corrected chi connectivity index (χ2v) is 1.59. The molecule has 0 saturated heterocycles. The van der Waals surface area contributed by atoms with Crippen molar-refractivity contribution in [2.24, 2.45) is 5.92 Å². The minimum absolute atomic E-state index is 0. The van der Waals surface area contributed by atoms with Crippen LogP contribution in [0.25, 0.3) is 0 Å². The number of rotatable bonds is 1. The van der Waals surface area contributed by atoms with E-state index in [1.807, 2.05) is 0 Å². The summed E-state index contributed by atoms with van der Waals surface area (Å²) in [6, 6.07) is 0. The van der Waals surface area contributed by atoms with Gasteiger partial charge in [-0.05, 0) is 18.8 Å². The Kier molecular flexibility index (Phi) is 2.88. The van der Waals surface area contributed by atoms with Crippen molar-refractivity contribution in [3.8, 4) is 0 Å². The monoisotopic (exact) mass is 108 g/mol. The Morgan fingerprint density at radius 1 is 1.57 bits per heavy atom. The van der Waals surface area contributed by atoms with Gasteiger partial charge in [-0.2, -0.15) is 0 Å². The summed E-state index contributed by atoms with van der Waals surface area (Å²) in [5, 5.41) is 9.65. The second-order valence-electron chi connectivity index (χ2n) is 1.59. The van der Waals surface area contributed by atoms with Crippen LogP contribution >= 0.6 is 0 Å². The molecule has 0 radical (unpaired) electrons. The SMILES string of the molecule is O=C([O-])C1CC1.[Na+]. The van der Waals surface area contributed by atoms with Crippen LogP contribution in [0.2, 0.25) is 0 Å². The van der Waals surface area contributed by atoms with Gasteiger partial charge in [-0.3, -0.25) is 0 Å². The topological polar surface area (TPSA) is 40.1 Å². The van der Waals surface area contributed by atoms with Crippen molar-refractivity contribution in [1.82, 2.24) is 0 Å². The normalized spacial score (nSPS) is 17.7. The van der Waals surface area contributed by atoms with E-state index in [1.54, 1.807) is 0 Å². The smallest absolute Gasteiger partial charge is 0.550 e. The Morgan fingerprint density at radius 3 is 2.00 bits per heavy atom. The summed E-state index contributed by atoms with van der Waals surface area (Å²) in [5.74, 6) is -0.972. The molecule has 0 atom stereocenters. The molecule has 0 N–H and O–H groups in total. The quantitative estimate of drug-likeness (QED) is 0.323. The number of carboxylic acids is 1. The molecule has 0 amide bonds. The molecule has 1 aliphatic carbocycles. The fraction of sp³-hybridized carbons (Fsp3) is 0.750. The van der Waals surface area contributed by atoms with Gasteiger partial charge in [0.2, 0.25) is 0 Å². The van der Waals surface area contributed by atoms with Crippen LogP contribution in [0.4, 0.5) is 0 Å². The summed E-state index contributed by atoms with van der Waals surface area (Å²) in [5.41, 5.74) is 0. The van der Waals surface area contributed by atoms with Crippen LogP contribution in [0.15, 0.2) is 0 Å². The van der Waals surface area contributed by atoms with Gasteiger partial charge in [0.05, 0.1) is 0 Å². The van der Waals surface area contributed by atoms with E-state index >= 15 is 0 Å². The summed E-state index contributed by atoms with van der Waals surface area (Å²) < 4.78 is 0. The third-order valence-corrected chi connectivity index (χ3v) is 0.911. The third kappa shape index (κ3) is 2.32. The maximum Gasteiger partial charge on any atom is 1.00 e. The van der Waals surface area contributed by atoms with E-state index in [0.717, 1.165) is 12.8 Å². The van der Waals surface area contributed by atoms with Crippen LogP contribution in [0.5, 0.6) is 0 Å². The number of hydrogen-bond donors (Lipinski definition) is 0. The molecule has 1 aliphatic rings. The molecule has 1 saturated carbocycles. The van der Waals surface area contributed by atoms with Gasteiger partial charge in [-0.1, -0.05) is 0 Å². The maximum absolute atomic E-state index is 9.65. The Bertz CT molecular complexity index is 77.8. The van der Waals surface area contributed by atoms with Crippen molar-refractivity contribution in [1.29, 1.82) is 0 Å². The number of carbonyl (C=O) groups excluding carboxylic acids is 1. The Labute approximate surface area is 64.2 Å². The Balaban J connectivity index is 0.000000360. The second kappa shape index (κ2) is 2.70. The zero-order chi connectivity index (χ0) is 4.57. The minimum Gasteiger partial charge on any atom is -0.550 e. The molecule has 0 aromatic rings. The molecule has 0 aliphatic heterocycles. The molecular weight excluding hydrogens is 103 g/mol. The first kappa shape index (κ1) is 7.47. The van der Waals surface area contributed by atoms with E-state index in [9.17, 15) is 9.90 Å². The van der Waals surface area contributed by atoms with Gasteiger partial charge < -0.3 is 9.90 Å². The first-order valence-corrected chi connectivity index (χ1v) is 2.01. The van der Waals surface area contributed by atoms with Gasteiger partial charge in [0, 0.05) is 5.97 Å². The van der Waals surface area contributed by atoms with E-state index in [2.05, 4.69) is 0 Å². The van der Waals surface area contributed by atoms with Crippen LogP contribution in [0, 0.1) is 5.92 Å². The van der Waals surface area contributed by atoms with Crippen LogP contribution in [0.1, 0.15) is 12.8 Å². The van der Waals surface area contributed by atoms with Gasteiger partial charge in [0.1, 0.15) is 0 Å². The first-order chi connectivity index (χ1) is 2.80. The van der Waals surface area contributed by atoms with E-state index < -0.39 is 5.97 Å². The van der Waals surface area contributed by atoms with Crippen molar-refractivity contribution >= 4 is 5.97 Å². The van der Waals surface area contributed by atoms with E-state index in [-0.39, 0.29) is 35.5 Å². The standard InChI is InChI=1S/C4H6O2.Na/c5-4(6)3-1-2-3;/h3H,1-2H2,(H,5,6);/q;+1/p-1. The molecule has 0 spiro atoms. The van der Waals surface area contributed by atoms with Crippen LogP contribution in [-0.4, -0.2) is 5.97 Å². The van der Waals surface area contributed by atoms with Crippen LogP contribution in [0.3, 0.4) is 0 Å². The molecule has 0 unspecified atom stereocenters. The molecule has 34 valence electrons. The van der Waals surface area contributed by atoms with Crippen molar-refractivity contribution < 1.29 is 39.5 Å². The Hall–Kier alpha value is 0.470. The minimum atomic E-state index is -0.880. The largest absolute Gasteiger partial charge is 1.00 e. The molecule has 1 fully saturated rings. The zero-order valence-electron chi connectivity index (χ0n) is 4.31. The van der Waals surface area contributed by atoms with Gasteiger partial charge >= 0.3 is 29.6 Å². The Morgan fingerprint density at radius 2 is 2.00 bits per heavy atom. The number of carboxylic acid groups (broad SMARTS) is 1. The predicted octanol–water partition coefficient (Wildman–Crippen LogP) is -3.85. The van der Waals surface area contributed by atoms with Gasteiger partial charge in [0.25, 0.3) is 0 Å². The fourth-order valence-corrected chi connectivity index (χ4v) is 0.319. The van der Waals surface area contributed by atoms with Crippen molar-refractivity contribution in [3.63, 3.8) is 0 Å². The molecule has 0 aromatic heterocycles. The van der Waals surface area contributed by atoms with E-state index in [4.69, 9.17) is 0 Å². The van der Waals surface area contributed by atoms with Crippen molar-refractivity contribution in [3.05, 3.63) is 0 Å². The molecule has 1 rings (SSSR count). The maximum atomic E-state index is 9.65. The number of hydrogen-bond acceptors (Lipinski definition) is 2. The fourth-order valence-electron chi connectivity index (χ4n) is 0.319. The molecule has 0 heterocycles. The summed E-state index contributed by atoms with van der Waals surface area (Å²) in [6.07, 6.45) is 1.67. The van der Waals surface area contributed by atoms with Gasteiger partial charge in [0.15, 0.2) is 0 Å². The third-order valence-electron chi connectivity index (χ3n) is 0.911. The molecule has 3 heteroatoms. The van der Waals surface area contributed by atoms with Crippen LogP contribution < -0.4 is 34.7 Å². The van der Waals surface area contributed by atoms with Crippen LogP contribution in [-0.2, 0) is 4.79 Å². The molecule has 2 nitrogen and oxygen atoms in total. The summed E-state index contributed by atoms with van der Waals surface area (Å²) in [6.45, 7) is 0. The van der Waals surface area contributed by atoms with Gasteiger partial charge in [-0.15, -0.1) is 0 Å². The molecule has 0 bridgehead atoms. The summed E-state index contributed by atoms with van der Waals surface area (Å²) in [4.78, 5) is 9.65. The average Bonchev–Trinajstić information content (AvgIpc) is 2.06. The molecule has 7 heavy (non-hydrogen) atoms. The van der Waals surface area contributed by atoms with Crippen molar-refractivity contribution in [2.75, 3.05) is 0 Å².